The Hall–Kier alpha value is -1.41. The number of aromatic nitrogens is 3. The minimum absolute atomic E-state index is 0.160. The van der Waals surface area contributed by atoms with Crippen molar-refractivity contribution < 1.29 is 9.18 Å². The second-order valence-electron chi connectivity index (χ2n) is 6.83. The highest BCUT2D eigenvalue weighted by Gasteiger charge is 2.29. The van der Waals surface area contributed by atoms with Crippen LogP contribution in [0.15, 0.2) is 23.5 Å². The number of hydrogen-bond donors (Lipinski definition) is 1. The van der Waals surface area contributed by atoms with Crippen LogP contribution in [0.4, 0.5) is 9.52 Å². The zero-order chi connectivity index (χ0) is 17.2. The molecule has 2 fully saturated rings. The molecule has 1 N–H and O–H groups in total. The van der Waals surface area contributed by atoms with E-state index in [2.05, 4.69) is 15.4 Å². The average molecular weight is 381 g/mol. The number of hydrogen-bond acceptors (Lipinski definition) is 5. The highest BCUT2D eigenvalue weighted by Crippen LogP contribution is 2.39. The molecule has 2 aromatic heterocycles. The first-order valence-electron chi connectivity index (χ1n) is 8.80. The van der Waals surface area contributed by atoms with Gasteiger partial charge in [-0.2, -0.15) is 9.49 Å². The topological polar surface area (TPSA) is 59.8 Å². The smallest absolute Gasteiger partial charge is 0.251 e. The van der Waals surface area contributed by atoms with E-state index in [1.807, 2.05) is 24.2 Å². The maximum atomic E-state index is 13.1. The highest BCUT2D eigenvalue weighted by atomic mass is 32.2. The van der Waals surface area contributed by atoms with Crippen molar-refractivity contribution in [3.8, 4) is 0 Å². The van der Waals surface area contributed by atoms with Gasteiger partial charge in [-0.3, -0.25) is 9.48 Å². The van der Waals surface area contributed by atoms with Gasteiger partial charge in [0.05, 0.1) is 12.4 Å². The normalized spacial score (nSPS) is 19.2. The lowest BCUT2D eigenvalue weighted by molar-refractivity contribution is -0.120. The molecule has 2 aromatic rings. The second-order valence-corrected chi connectivity index (χ2v) is 9.19. The fourth-order valence-corrected chi connectivity index (χ4v) is 4.91. The van der Waals surface area contributed by atoms with Crippen molar-refractivity contribution in [1.82, 2.24) is 14.8 Å². The van der Waals surface area contributed by atoms with Crippen molar-refractivity contribution >= 4 is 34.1 Å². The van der Waals surface area contributed by atoms with Crippen LogP contribution in [0.25, 0.3) is 0 Å². The minimum Gasteiger partial charge on any atom is -0.300 e. The summed E-state index contributed by atoms with van der Waals surface area (Å²) in [6, 6.07) is -0.372. The van der Waals surface area contributed by atoms with Crippen molar-refractivity contribution in [3.63, 3.8) is 0 Å². The van der Waals surface area contributed by atoms with Gasteiger partial charge in [0.2, 0.25) is 0 Å². The molecule has 0 aromatic carbocycles. The number of rotatable bonds is 7. The molecule has 5 nitrogen and oxygen atoms in total. The molecule has 2 saturated carbocycles. The Balaban J connectivity index is 1.49. The number of thiazole rings is 1. The third-order valence-electron chi connectivity index (χ3n) is 4.77. The molecule has 2 heterocycles. The van der Waals surface area contributed by atoms with Gasteiger partial charge < -0.3 is 5.32 Å². The minimum atomic E-state index is -0.398. The molecule has 1 unspecified atom stereocenters. The molecule has 0 bridgehead atoms. The van der Waals surface area contributed by atoms with Crippen LogP contribution >= 0.6 is 23.1 Å². The Morgan fingerprint density at radius 1 is 1.36 bits per heavy atom. The van der Waals surface area contributed by atoms with Crippen molar-refractivity contribution in [2.75, 3.05) is 5.32 Å². The molecular formula is C17H21FN4OS2. The largest absolute Gasteiger partial charge is 0.300 e. The number of thioether (sulfide) groups is 1. The third kappa shape index (κ3) is 4.41. The summed E-state index contributed by atoms with van der Waals surface area (Å²) < 4.78 is 14.9. The van der Waals surface area contributed by atoms with E-state index in [-0.39, 0.29) is 11.9 Å². The van der Waals surface area contributed by atoms with Crippen LogP contribution in [0.5, 0.6) is 0 Å². The Bertz CT molecular complexity index is 737. The Kier molecular flexibility index (Phi) is 5.08. The fourth-order valence-electron chi connectivity index (χ4n) is 3.33. The molecule has 1 atom stereocenters. The standard InChI is InChI=1S/C17H21FN4OS2/c18-15-9-19-17(25-15)21-16(23)14(7-11-3-1-2-4-11)22-10-13(8-20-22)24-12-5-6-12/h8-12,14H,1-7H2,(H,19,21,23). The molecule has 0 saturated heterocycles. The maximum Gasteiger partial charge on any atom is 0.251 e. The van der Waals surface area contributed by atoms with E-state index in [0.717, 1.165) is 28.8 Å². The van der Waals surface area contributed by atoms with Gasteiger partial charge in [-0.05, 0) is 25.2 Å². The predicted octanol–water partition coefficient (Wildman–Crippen LogP) is 4.49. The molecular weight excluding hydrogens is 359 g/mol. The van der Waals surface area contributed by atoms with Crippen molar-refractivity contribution in [2.24, 2.45) is 5.92 Å². The highest BCUT2D eigenvalue weighted by molar-refractivity contribution is 8.00. The first-order chi connectivity index (χ1) is 12.2. The van der Waals surface area contributed by atoms with Crippen molar-refractivity contribution in [3.05, 3.63) is 23.7 Å². The summed E-state index contributed by atoms with van der Waals surface area (Å²) in [6.45, 7) is 0. The predicted molar refractivity (Wildman–Crippen MR) is 97.4 cm³/mol. The van der Waals surface area contributed by atoms with Gasteiger partial charge in [-0.1, -0.05) is 37.0 Å². The second kappa shape index (κ2) is 7.45. The van der Waals surface area contributed by atoms with E-state index in [1.165, 1.54) is 38.5 Å². The van der Waals surface area contributed by atoms with Gasteiger partial charge >= 0.3 is 0 Å². The number of amides is 1. The number of nitrogens with zero attached hydrogens (tertiary/aromatic N) is 3. The number of carbonyl (C=O) groups excluding carboxylic acids is 1. The molecule has 0 spiro atoms. The van der Waals surface area contributed by atoms with E-state index >= 15 is 0 Å². The van der Waals surface area contributed by atoms with Crippen LogP contribution < -0.4 is 5.32 Å². The van der Waals surface area contributed by atoms with E-state index in [1.54, 1.807) is 4.68 Å². The summed E-state index contributed by atoms with van der Waals surface area (Å²) in [6.07, 6.45) is 13.1. The van der Waals surface area contributed by atoms with Crippen LogP contribution in [0.1, 0.15) is 51.0 Å². The SMILES string of the molecule is O=C(Nc1ncc(F)s1)C(CC1CCCC1)n1cc(SC2CC2)cn1. The summed E-state index contributed by atoms with van der Waals surface area (Å²) in [7, 11) is 0. The van der Waals surface area contributed by atoms with Gasteiger partial charge in [0, 0.05) is 16.3 Å². The van der Waals surface area contributed by atoms with Crippen LogP contribution in [0.3, 0.4) is 0 Å². The molecule has 25 heavy (non-hydrogen) atoms. The van der Waals surface area contributed by atoms with E-state index in [0.29, 0.717) is 16.3 Å². The zero-order valence-corrected chi connectivity index (χ0v) is 15.5. The van der Waals surface area contributed by atoms with Crippen LogP contribution in [-0.4, -0.2) is 25.9 Å². The lowest BCUT2D eigenvalue weighted by atomic mass is 9.98. The zero-order valence-electron chi connectivity index (χ0n) is 13.9. The van der Waals surface area contributed by atoms with E-state index in [9.17, 15) is 9.18 Å². The van der Waals surface area contributed by atoms with Gasteiger partial charge in [0.1, 0.15) is 6.04 Å². The lowest BCUT2D eigenvalue weighted by Crippen LogP contribution is -2.28. The first-order valence-corrected chi connectivity index (χ1v) is 10.5. The summed E-state index contributed by atoms with van der Waals surface area (Å²) in [5.74, 6) is 0.389. The molecule has 1 amide bonds. The maximum absolute atomic E-state index is 13.1. The van der Waals surface area contributed by atoms with E-state index < -0.39 is 5.13 Å². The van der Waals surface area contributed by atoms with Crippen molar-refractivity contribution in [2.45, 2.75) is 61.1 Å². The number of halogens is 1. The summed E-state index contributed by atoms with van der Waals surface area (Å²) >= 11 is 2.68. The molecule has 2 aliphatic carbocycles. The Morgan fingerprint density at radius 2 is 2.16 bits per heavy atom. The van der Waals surface area contributed by atoms with Crippen molar-refractivity contribution in [1.29, 1.82) is 0 Å². The molecule has 0 aliphatic heterocycles. The van der Waals surface area contributed by atoms with Crippen LogP contribution in [0, 0.1) is 11.0 Å². The molecule has 134 valence electrons. The molecule has 0 radical (unpaired) electrons. The summed E-state index contributed by atoms with van der Waals surface area (Å²) in [5, 5.41) is 7.82. The van der Waals surface area contributed by atoms with Crippen LogP contribution in [-0.2, 0) is 4.79 Å². The number of anilines is 1. The first kappa shape index (κ1) is 17.0. The molecule has 2 aliphatic rings. The monoisotopic (exact) mass is 380 g/mol. The Morgan fingerprint density at radius 3 is 2.84 bits per heavy atom. The molecule has 8 heteroatoms. The van der Waals surface area contributed by atoms with E-state index in [4.69, 9.17) is 0 Å². The average Bonchev–Trinajstić information content (AvgIpc) is 2.97. The van der Waals surface area contributed by atoms with Gasteiger partial charge in [-0.15, -0.1) is 11.8 Å². The quantitative estimate of drug-likeness (QED) is 0.769. The third-order valence-corrected chi connectivity index (χ3v) is 6.75. The number of carbonyl (C=O) groups is 1. The Labute approximate surface area is 154 Å². The van der Waals surface area contributed by atoms with Gasteiger partial charge in [0.25, 0.3) is 5.91 Å². The van der Waals surface area contributed by atoms with Gasteiger partial charge in [-0.25, -0.2) is 4.98 Å². The number of nitrogens with one attached hydrogen (secondary N) is 1. The van der Waals surface area contributed by atoms with Crippen LogP contribution in [0.2, 0.25) is 0 Å². The molecule has 4 rings (SSSR count). The fraction of sp³-hybridized carbons (Fsp3) is 0.588. The summed E-state index contributed by atoms with van der Waals surface area (Å²) in [4.78, 5) is 17.8. The summed E-state index contributed by atoms with van der Waals surface area (Å²) in [5.41, 5.74) is 0. The van der Waals surface area contributed by atoms with Gasteiger partial charge in [0.15, 0.2) is 10.3 Å². The lowest BCUT2D eigenvalue weighted by Gasteiger charge is -2.20.